The summed E-state index contributed by atoms with van der Waals surface area (Å²) >= 11 is 0. The van der Waals surface area contributed by atoms with E-state index in [0.29, 0.717) is 17.3 Å². The average Bonchev–Trinajstić information content (AvgIpc) is 3.50. The Morgan fingerprint density at radius 2 is 1.49 bits per heavy atom. The number of aromatic nitrogens is 4. The molecule has 3 aromatic rings. The Morgan fingerprint density at radius 1 is 0.805 bits per heavy atom. The van der Waals surface area contributed by atoms with Gasteiger partial charge in [0.1, 0.15) is 6.33 Å². The number of hydrazine groups is 1. The smallest absolute Gasteiger partial charge is 0.255 e. The summed E-state index contributed by atoms with van der Waals surface area (Å²) in [4.78, 5) is 30.5. The zero-order chi connectivity index (χ0) is 25.2. The number of hydrogen-bond donors (Lipinski definition) is 1. The molecule has 5 heterocycles. The monoisotopic (exact) mass is 645 g/mol. The van der Waals surface area contributed by atoms with Gasteiger partial charge in [-0.2, -0.15) is 0 Å². The van der Waals surface area contributed by atoms with Crippen LogP contribution in [0.2, 0.25) is 0 Å². The molecule has 3 saturated heterocycles. The fourth-order valence-electron chi connectivity index (χ4n) is 5.68. The van der Waals surface area contributed by atoms with Gasteiger partial charge in [-0.25, -0.2) is 25.0 Å². The number of rotatable bonds is 5. The minimum absolute atomic E-state index is 0. The molecule has 41 heavy (non-hydrogen) atoms. The van der Waals surface area contributed by atoms with Crippen LogP contribution in [0.1, 0.15) is 24.4 Å². The second-order valence-electron chi connectivity index (χ2n) is 10.1. The third-order valence-corrected chi connectivity index (χ3v) is 7.81. The highest BCUT2D eigenvalue weighted by Gasteiger charge is 2.26. The maximum absolute atomic E-state index is 12.7. The maximum atomic E-state index is 12.7. The molecule has 0 amide bonds. The Labute approximate surface area is 266 Å². The standard InChI is InChI=1S/C27H35N9O.4ClH/c1-32-26(37)18-24(23-8-9-28-20-30-23)31-27(32)34-13-10-29-25(19-34)21-4-6-22(7-5-21)33-14-16-36(17-15-33)35-11-2-3-12-35;;;;/h4-9,18,20,25,29H,2-3,10-17,19H2,1H3;4*1H/t25-;;;;/m1..../s1. The Balaban J connectivity index is 0.00000147. The maximum Gasteiger partial charge on any atom is 0.255 e. The number of nitrogens with one attached hydrogen (secondary N) is 1. The van der Waals surface area contributed by atoms with Crippen molar-refractivity contribution in [2.24, 2.45) is 7.05 Å². The molecule has 0 aliphatic carbocycles. The van der Waals surface area contributed by atoms with Crippen LogP contribution in [0.5, 0.6) is 0 Å². The van der Waals surface area contributed by atoms with Gasteiger partial charge in [0.2, 0.25) is 5.95 Å². The number of benzene rings is 1. The van der Waals surface area contributed by atoms with Crippen LogP contribution in [-0.2, 0) is 7.05 Å². The van der Waals surface area contributed by atoms with Crippen molar-refractivity contribution >= 4 is 61.3 Å². The predicted molar refractivity (Wildman–Crippen MR) is 173 cm³/mol. The van der Waals surface area contributed by atoms with E-state index in [0.717, 1.165) is 45.8 Å². The predicted octanol–water partition coefficient (Wildman–Crippen LogP) is 3.21. The van der Waals surface area contributed by atoms with Gasteiger partial charge in [0.15, 0.2) is 0 Å². The van der Waals surface area contributed by atoms with Gasteiger partial charge in [-0.05, 0) is 36.6 Å². The lowest BCUT2D eigenvalue weighted by molar-refractivity contribution is -0.00758. The summed E-state index contributed by atoms with van der Waals surface area (Å²) < 4.78 is 1.62. The fourth-order valence-corrected chi connectivity index (χ4v) is 5.68. The molecule has 3 aliphatic heterocycles. The van der Waals surface area contributed by atoms with Gasteiger partial charge in [-0.1, -0.05) is 12.1 Å². The summed E-state index contributed by atoms with van der Waals surface area (Å²) in [6.07, 6.45) is 5.80. The lowest BCUT2D eigenvalue weighted by Crippen LogP contribution is -2.53. The van der Waals surface area contributed by atoms with Crippen molar-refractivity contribution < 1.29 is 0 Å². The molecule has 226 valence electrons. The molecule has 0 bridgehead atoms. The van der Waals surface area contributed by atoms with Crippen LogP contribution in [0.15, 0.2) is 53.7 Å². The number of nitrogens with zero attached hydrogens (tertiary/aromatic N) is 8. The summed E-state index contributed by atoms with van der Waals surface area (Å²) in [5, 5.41) is 8.73. The van der Waals surface area contributed by atoms with Crippen molar-refractivity contribution in [3.05, 3.63) is 64.8 Å². The fraction of sp³-hybridized carbons (Fsp3) is 0.481. The first-order valence-electron chi connectivity index (χ1n) is 13.3. The highest BCUT2D eigenvalue weighted by molar-refractivity contribution is 5.86. The summed E-state index contributed by atoms with van der Waals surface area (Å²) in [6, 6.07) is 12.5. The minimum atomic E-state index is -0.0946. The first kappa shape index (κ1) is 35.0. The van der Waals surface area contributed by atoms with Crippen LogP contribution in [0.25, 0.3) is 11.4 Å². The van der Waals surface area contributed by atoms with Crippen molar-refractivity contribution in [2.75, 3.05) is 68.7 Å². The highest BCUT2D eigenvalue weighted by atomic mass is 35.5. The van der Waals surface area contributed by atoms with Gasteiger partial charge in [0, 0.05) is 89.9 Å². The van der Waals surface area contributed by atoms with E-state index >= 15 is 0 Å². The molecule has 1 N–H and O–H groups in total. The topological polar surface area (TPSA) is 85.7 Å². The van der Waals surface area contributed by atoms with E-state index in [2.05, 4.69) is 59.4 Å². The third-order valence-electron chi connectivity index (χ3n) is 7.81. The number of anilines is 2. The van der Waals surface area contributed by atoms with E-state index in [1.165, 1.54) is 49.6 Å². The van der Waals surface area contributed by atoms with Crippen LogP contribution < -0.4 is 20.7 Å². The molecular weight excluding hydrogens is 608 g/mol. The normalized spacial score (nSPS) is 19.4. The van der Waals surface area contributed by atoms with Crippen molar-refractivity contribution in [2.45, 2.75) is 18.9 Å². The van der Waals surface area contributed by atoms with Crippen LogP contribution >= 0.6 is 49.6 Å². The van der Waals surface area contributed by atoms with Gasteiger partial charge in [0.25, 0.3) is 5.56 Å². The van der Waals surface area contributed by atoms with E-state index in [1.54, 1.807) is 23.9 Å². The summed E-state index contributed by atoms with van der Waals surface area (Å²) in [5.74, 6) is 0.667. The summed E-state index contributed by atoms with van der Waals surface area (Å²) in [6.45, 7) is 9.09. The van der Waals surface area contributed by atoms with E-state index in [-0.39, 0.29) is 61.2 Å². The molecule has 3 fully saturated rings. The Morgan fingerprint density at radius 3 is 2.15 bits per heavy atom. The van der Waals surface area contributed by atoms with E-state index in [1.807, 2.05) is 0 Å². The molecule has 10 nitrogen and oxygen atoms in total. The number of piperazine rings is 2. The first-order valence-corrected chi connectivity index (χ1v) is 13.3. The quantitative estimate of drug-likeness (QED) is 0.449. The average molecular weight is 647 g/mol. The second kappa shape index (κ2) is 15.9. The Hall–Kier alpha value is -2.18. The van der Waals surface area contributed by atoms with Gasteiger partial charge < -0.3 is 15.1 Å². The zero-order valence-corrected chi connectivity index (χ0v) is 26.4. The van der Waals surface area contributed by atoms with Crippen molar-refractivity contribution in [1.29, 1.82) is 0 Å². The highest BCUT2D eigenvalue weighted by Crippen LogP contribution is 2.25. The molecule has 0 saturated carbocycles. The summed E-state index contributed by atoms with van der Waals surface area (Å²) in [5.41, 5.74) is 3.67. The minimum Gasteiger partial charge on any atom is -0.369 e. The molecule has 0 radical (unpaired) electrons. The van der Waals surface area contributed by atoms with Gasteiger partial charge >= 0.3 is 0 Å². The van der Waals surface area contributed by atoms with Crippen LogP contribution in [0.3, 0.4) is 0 Å². The number of hydrogen-bond acceptors (Lipinski definition) is 9. The third kappa shape index (κ3) is 7.81. The van der Waals surface area contributed by atoms with Crippen molar-refractivity contribution in [1.82, 2.24) is 34.9 Å². The lowest BCUT2D eigenvalue weighted by atomic mass is 10.0. The van der Waals surface area contributed by atoms with E-state index in [9.17, 15) is 4.79 Å². The largest absolute Gasteiger partial charge is 0.369 e. The molecule has 2 aromatic heterocycles. The first-order chi connectivity index (χ1) is 18.2. The second-order valence-corrected chi connectivity index (χ2v) is 10.1. The molecule has 0 unspecified atom stereocenters. The van der Waals surface area contributed by atoms with Crippen molar-refractivity contribution in [3.63, 3.8) is 0 Å². The molecule has 14 heteroatoms. The molecule has 6 rings (SSSR count). The Kier molecular flexibility index (Phi) is 13.6. The SMILES string of the molecule is Cl.Cl.Cl.Cl.Cn1c(N2CCN[C@@H](c3ccc(N4CCN(N5CCCC5)CC4)cc3)C2)nc(-c2ccncn2)cc1=O. The molecule has 1 atom stereocenters. The van der Waals surface area contributed by atoms with Crippen LogP contribution in [0.4, 0.5) is 11.6 Å². The van der Waals surface area contributed by atoms with E-state index < -0.39 is 0 Å². The van der Waals surface area contributed by atoms with Gasteiger partial charge in [-0.15, -0.1) is 49.6 Å². The zero-order valence-electron chi connectivity index (χ0n) is 23.1. The molecule has 3 aliphatic rings. The van der Waals surface area contributed by atoms with Gasteiger partial charge in [0.05, 0.1) is 11.4 Å². The van der Waals surface area contributed by atoms with Crippen molar-refractivity contribution in [3.8, 4) is 11.4 Å². The van der Waals surface area contributed by atoms with Gasteiger partial charge in [-0.3, -0.25) is 9.36 Å². The lowest BCUT2D eigenvalue weighted by Gasteiger charge is -2.40. The molecule has 0 spiro atoms. The number of halogens is 4. The Bertz CT molecular complexity index is 1270. The molecular formula is C27H39Cl4N9O. The van der Waals surface area contributed by atoms with Crippen LogP contribution in [0, 0.1) is 0 Å². The molecule has 1 aromatic carbocycles. The summed E-state index contributed by atoms with van der Waals surface area (Å²) in [7, 11) is 1.78. The van der Waals surface area contributed by atoms with Crippen LogP contribution in [-0.4, -0.2) is 88.4 Å². The van der Waals surface area contributed by atoms with E-state index in [4.69, 9.17) is 4.98 Å².